The Morgan fingerprint density at radius 1 is 1.18 bits per heavy atom. The van der Waals surface area contributed by atoms with Gasteiger partial charge in [0.1, 0.15) is 16.6 Å². The van der Waals surface area contributed by atoms with Crippen molar-refractivity contribution >= 4 is 40.2 Å². The molecule has 0 fully saturated rings. The van der Waals surface area contributed by atoms with Gasteiger partial charge in [-0.2, -0.15) is 5.26 Å². The highest BCUT2D eigenvalue weighted by molar-refractivity contribution is 7.81. The second-order valence-electron chi connectivity index (χ2n) is 4.50. The van der Waals surface area contributed by atoms with Crippen molar-refractivity contribution in [1.29, 1.82) is 5.26 Å². The molecule has 0 aliphatic carbocycles. The van der Waals surface area contributed by atoms with Crippen molar-refractivity contribution in [3.05, 3.63) is 65.0 Å². The third kappa shape index (κ3) is 2.89. The molecule has 3 rings (SSSR count). The molecule has 1 heterocycles. The average Bonchev–Trinajstić information content (AvgIpc) is 2.94. The van der Waals surface area contributed by atoms with Crippen molar-refractivity contribution in [1.82, 2.24) is 0 Å². The van der Waals surface area contributed by atoms with Gasteiger partial charge in [-0.1, -0.05) is 36.0 Å². The van der Waals surface area contributed by atoms with Crippen LogP contribution < -0.4 is 15.4 Å². The molecule has 1 aliphatic heterocycles. The first-order valence-electron chi connectivity index (χ1n) is 6.42. The Balaban J connectivity index is 1.83. The van der Waals surface area contributed by atoms with Gasteiger partial charge in [0.25, 0.3) is 0 Å². The Morgan fingerprint density at radius 3 is 2.59 bits per heavy atom. The van der Waals surface area contributed by atoms with E-state index in [2.05, 4.69) is 16.7 Å². The van der Waals surface area contributed by atoms with Gasteiger partial charge in [-0.15, -0.1) is 0 Å². The molecule has 0 unspecified atom stereocenters. The largest absolute Gasteiger partial charge is 0.437 e. The molecular weight excluding hydrogens is 318 g/mol. The summed E-state index contributed by atoms with van der Waals surface area (Å²) in [7, 11) is 0. The number of anilines is 2. The summed E-state index contributed by atoms with van der Waals surface area (Å²) in [4.78, 5) is 0.278. The molecule has 0 spiro atoms. The predicted molar refractivity (Wildman–Crippen MR) is 91.0 cm³/mol. The van der Waals surface area contributed by atoms with Crippen molar-refractivity contribution in [2.45, 2.75) is 0 Å². The molecule has 0 amide bonds. The zero-order chi connectivity index (χ0) is 15.5. The van der Waals surface area contributed by atoms with E-state index in [1.165, 1.54) is 0 Å². The number of nitrogens with one attached hydrogen (secondary N) is 2. The lowest BCUT2D eigenvalue weighted by atomic mass is 10.2. The number of ether oxygens (including phenoxy) is 1. The molecular formula is C16H10ClN3OS. The van der Waals surface area contributed by atoms with Crippen LogP contribution in [0.2, 0.25) is 5.02 Å². The summed E-state index contributed by atoms with van der Waals surface area (Å²) < 4.78 is 5.64. The van der Waals surface area contributed by atoms with Gasteiger partial charge in [-0.05, 0) is 36.4 Å². The van der Waals surface area contributed by atoms with E-state index in [0.717, 1.165) is 11.4 Å². The van der Waals surface area contributed by atoms with Gasteiger partial charge in [-0.25, -0.2) is 0 Å². The van der Waals surface area contributed by atoms with Gasteiger partial charge in [0.2, 0.25) is 5.88 Å². The van der Waals surface area contributed by atoms with E-state index in [-0.39, 0.29) is 10.6 Å². The van der Waals surface area contributed by atoms with Crippen molar-refractivity contribution in [2.75, 3.05) is 10.6 Å². The van der Waals surface area contributed by atoms with Crippen LogP contribution in [0.4, 0.5) is 11.4 Å². The smallest absolute Gasteiger partial charge is 0.219 e. The number of nitriles is 1. The molecule has 4 nitrogen and oxygen atoms in total. The number of benzene rings is 2. The minimum absolute atomic E-state index is 0.237. The van der Waals surface area contributed by atoms with E-state index in [1.807, 2.05) is 24.3 Å². The minimum atomic E-state index is 0.237. The number of thiocarbonyl (C=S) groups is 1. The van der Waals surface area contributed by atoms with Crippen LogP contribution in [0.15, 0.2) is 60.0 Å². The zero-order valence-corrected chi connectivity index (χ0v) is 12.8. The van der Waals surface area contributed by atoms with Gasteiger partial charge in [0, 0.05) is 10.7 Å². The first-order chi connectivity index (χ1) is 10.7. The maximum Gasteiger partial charge on any atom is 0.219 e. The van der Waals surface area contributed by atoms with Gasteiger partial charge < -0.3 is 15.4 Å². The standard InChI is InChI=1S/C16H10ClN3OS/c17-10-5-7-11(8-6-10)19-16(22)12(9-18)15-20-13-3-1-2-4-14(13)21-15/h1-8,20H,(H,19,22)/b15-12+. The number of hydrogen-bond acceptors (Lipinski definition) is 4. The topological polar surface area (TPSA) is 57.1 Å². The minimum Gasteiger partial charge on any atom is -0.437 e. The molecule has 2 aromatic carbocycles. The fourth-order valence-corrected chi connectivity index (χ4v) is 2.34. The molecule has 0 radical (unpaired) electrons. The number of para-hydroxylation sites is 2. The Morgan fingerprint density at radius 2 is 1.91 bits per heavy atom. The highest BCUT2D eigenvalue weighted by atomic mass is 35.5. The predicted octanol–water partition coefficient (Wildman–Crippen LogP) is 4.32. The maximum atomic E-state index is 9.38. The SMILES string of the molecule is N#C/C(C(=S)Nc1ccc(Cl)cc1)=C1/Nc2ccccc2O1. The van der Waals surface area contributed by atoms with Crippen LogP contribution in [-0.2, 0) is 0 Å². The third-order valence-electron chi connectivity index (χ3n) is 3.02. The Hall–Kier alpha value is -2.55. The number of hydrogen-bond donors (Lipinski definition) is 2. The van der Waals surface area contributed by atoms with Crippen molar-refractivity contribution in [3.63, 3.8) is 0 Å². The fraction of sp³-hybridized carbons (Fsp3) is 0. The molecule has 0 saturated carbocycles. The zero-order valence-electron chi connectivity index (χ0n) is 11.3. The molecule has 0 aromatic heterocycles. The van der Waals surface area contributed by atoms with Crippen molar-refractivity contribution < 1.29 is 4.74 Å². The van der Waals surface area contributed by atoms with Gasteiger partial charge in [0.15, 0.2) is 5.75 Å². The van der Waals surface area contributed by atoms with E-state index >= 15 is 0 Å². The normalized spacial score (nSPS) is 14.2. The molecule has 0 saturated heterocycles. The van der Waals surface area contributed by atoms with Crippen LogP contribution in [0.5, 0.6) is 5.75 Å². The first-order valence-corrected chi connectivity index (χ1v) is 7.21. The molecule has 108 valence electrons. The van der Waals surface area contributed by atoms with Crippen LogP contribution in [0.1, 0.15) is 0 Å². The van der Waals surface area contributed by atoms with E-state index in [4.69, 9.17) is 28.6 Å². The first kappa shape index (κ1) is 14.4. The summed E-state index contributed by atoms with van der Waals surface area (Å²) in [6.07, 6.45) is 0. The van der Waals surface area contributed by atoms with E-state index < -0.39 is 0 Å². The van der Waals surface area contributed by atoms with E-state index in [0.29, 0.717) is 16.7 Å². The molecule has 6 heteroatoms. The quantitative estimate of drug-likeness (QED) is 0.489. The lowest BCUT2D eigenvalue weighted by Gasteiger charge is -2.09. The summed E-state index contributed by atoms with van der Waals surface area (Å²) in [5.41, 5.74) is 1.79. The van der Waals surface area contributed by atoms with E-state index in [9.17, 15) is 5.26 Å². The van der Waals surface area contributed by atoms with Crippen LogP contribution in [0.25, 0.3) is 0 Å². The summed E-state index contributed by atoms with van der Waals surface area (Å²) in [6, 6.07) is 16.6. The van der Waals surface area contributed by atoms with E-state index in [1.54, 1.807) is 24.3 Å². The van der Waals surface area contributed by atoms with Crippen LogP contribution in [-0.4, -0.2) is 4.99 Å². The summed E-state index contributed by atoms with van der Waals surface area (Å²) in [5, 5.41) is 16.1. The second-order valence-corrected chi connectivity index (χ2v) is 5.34. The van der Waals surface area contributed by atoms with Gasteiger partial charge in [-0.3, -0.25) is 0 Å². The number of rotatable bonds is 2. The summed E-state index contributed by atoms with van der Waals surface area (Å²) in [5.74, 6) is 0.995. The lowest BCUT2D eigenvalue weighted by molar-refractivity contribution is 0.455. The third-order valence-corrected chi connectivity index (χ3v) is 3.57. The number of halogens is 1. The Kier molecular flexibility index (Phi) is 3.96. The monoisotopic (exact) mass is 327 g/mol. The van der Waals surface area contributed by atoms with Crippen LogP contribution in [0, 0.1) is 11.3 Å². The average molecular weight is 328 g/mol. The fourth-order valence-electron chi connectivity index (χ4n) is 1.96. The Bertz CT molecular complexity index is 782. The molecule has 0 atom stereocenters. The molecule has 0 bridgehead atoms. The van der Waals surface area contributed by atoms with Crippen LogP contribution in [0.3, 0.4) is 0 Å². The van der Waals surface area contributed by atoms with Crippen LogP contribution >= 0.6 is 23.8 Å². The Labute approximate surface area is 138 Å². The second kappa shape index (κ2) is 6.06. The highest BCUT2D eigenvalue weighted by Crippen LogP contribution is 2.34. The van der Waals surface area contributed by atoms with Gasteiger partial charge >= 0.3 is 0 Å². The summed E-state index contributed by atoms with van der Waals surface area (Å²) >= 11 is 11.1. The maximum absolute atomic E-state index is 9.38. The summed E-state index contributed by atoms with van der Waals surface area (Å²) in [6.45, 7) is 0. The highest BCUT2D eigenvalue weighted by Gasteiger charge is 2.22. The van der Waals surface area contributed by atoms with Crippen molar-refractivity contribution in [2.24, 2.45) is 0 Å². The molecule has 22 heavy (non-hydrogen) atoms. The van der Waals surface area contributed by atoms with Gasteiger partial charge in [0.05, 0.1) is 5.69 Å². The lowest BCUT2D eigenvalue weighted by Crippen LogP contribution is -2.16. The molecule has 2 aromatic rings. The van der Waals surface area contributed by atoms with Crippen molar-refractivity contribution in [3.8, 4) is 11.8 Å². The molecule has 2 N–H and O–H groups in total. The number of nitrogens with zero attached hydrogens (tertiary/aromatic N) is 1. The molecule has 1 aliphatic rings. The number of fused-ring (bicyclic) bond motifs is 1.